The van der Waals surface area contributed by atoms with Crippen LogP contribution in [-0.4, -0.2) is 39.2 Å². The third-order valence-electron chi connectivity index (χ3n) is 4.34. The molecule has 9 heteroatoms. The van der Waals surface area contributed by atoms with Crippen LogP contribution in [0.25, 0.3) is 10.6 Å². The Morgan fingerprint density at radius 3 is 2.90 bits per heavy atom. The molecule has 1 aromatic carbocycles. The number of anilines is 2. The molecule has 0 fully saturated rings. The summed E-state index contributed by atoms with van der Waals surface area (Å²) in [6, 6.07) is 10.5. The maximum Gasteiger partial charge on any atom is 0.323 e. The molecule has 148 valence electrons. The largest absolute Gasteiger partial charge is 0.323 e. The highest BCUT2D eigenvalue weighted by molar-refractivity contribution is 7.14. The van der Waals surface area contributed by atoms with Crippen LogP contribution in [-0.2, 0) is 6.54 Å². The van der Waals surface area contributed by atoms with Gasteiger partial charge >= 0.3 is 6.03 Å². The van der Waals surface area contributed by atoms with E-state index in [2.05, 4.69) is 25.8 Å². The molecular formula is C20H19FN6OS. The number of benzene rings is 1. The second-order valence-corrected chi connectivity index (χ2v) is 7.58. The number of nitrogens with zero attached hydrogens (tertiary/aromatic N) is 4. The molecule has 3 aromatic rings. The molecule has 4 rings (SSSR count). The first-order valence-corrected chi connectivity index (χ1v) is 9.96. The second-order valence-electron chi connectivity index (χ2n) is 6.52. The summed E-state index contributed by atoms with van der Waals surface area (Å²) in [5.41, 5.74) is 2.01. The van der Waals surface area contributed by atoms with Gasteiger partial charge in [0.15, 0.2) is 0 Å². The highest BCUT2D eigenvalue weighted by atomic mass is 32.1. The fourth-order valence-corrected chi connectivity index (χ4v) is 3.94. The maximum atomic E-state index is 13.5. The van der Waals surface area contributed by atoms with Crippen LogP contribution in [0.15, 0.2) is 60.7 Å². The first-order valence-electron chi connectivity index (χ1n) is 9.14. The summed E-state index contributed by atoms with van der Waals surface area (Å²) in [5, 5.41) is 15.6. The Labute approximate surface area is 171 Å². The molecule has 0 bridgehead atoms. The molecule has 7 nitrogen and oxygen atoms in total. The fourth-order valence-electron chi connectivity index (χ4n) is 3.01. The minimum atomic E-state index is -0.370. The van der Waals surface area contributed by atoms with Crippen LogP contribution in [0.3, 0.4) is 0 Å². The molecule has 2 N–H and O–H groups in total. The van der Waals surface area contributed by atoms with E-state index in [1.165, 1.54) is 11.3 Å². The molecule has 3 heterocycles. The molecule has 0 unspecified atom stereocenters. The number of aromatic nitrogens is 3. The topological polar surface area (TPSA) is 83.0 Å². The molecule has 2 aromatic heterocycles. The van der Waals surface area contributed by atoms with Crippen molar-refractivity contribution in [2.45, 2.75) is 13.0 Å². The third kappa shape index (κ3) is 5.01. The second kappa shape index (κ2) is 8.89. The number of carbonyl (C=O) groups is 1. The van der Waals surface area contributed by atoms with Crippen molar-refractivity contribution in [3.63, 3.8) is 0 Å². The molecule has 0 atom stereocenters. The van der Waals surface area contributed by atoms with Gasteiger partial charge in [-0.1, -0.05) is 29.5 Å². The van der Waals surface area contributed by atoms with Gasteiger partial charge in [0.1, 0.15) is 15.8 Å². The highest BCUT2D eigenvalue weighted by Gasteiger charge is 2.17. The van der Waals surface area contributed by atoms with Crippen LogP contribution in [0.1, 0.15) is 11.4 Å². The highest BCUT2D eigenvalue weighted by Crippen LogP contribution is 2.31. The maximum absolute atomic E-state index is 13.5. The number of para-hydroxylation sites is 1. The van der Waals surface area contributed by atoms with Crippen molar-refractivity contribution in [2.24, 2.45) is 0 Å². The van der Waals surface area contributed by atoms with Crippen LogP contribution >= 0.6 is 11.3 Å². The standard InChI is InChI=1S/C20H19FN6OS/c21-14-5-4-10-27(12-14)13-18-25-26-19(29-18)16-7-1-2-8-17(16)24-20(28)23-15-6-3-9-22-11-15/h1-3,5-9,11H,4,10,12-13H2,(H2,23,24,28). The van der Waals surface area contributed by atoms with E-state index in [1.807, 2.05) is 29.2 Å². The van der Waals surface area contributed by atoms with E-state index < -0.39 is 0 Å². The van der Waals surface area contributed by atoms with Gasteiger partial charge in [0.2, 0.25) is 0 Å². The average Bonchev–Trinajstić information content (AvgIpc) is 3.17. The lowest BCUT2D eigenvalue weighted by atomic mass is 10.2. The predicted octanol–water partition coefficient (Wildman–Crippen LogP) is 4.30. The van der Waals surface area contributed by atoms with Crippen molar-refractivity contribution in [2.75, 3.05) is 23.7 Å². The zero-order valence-electron chi connectivity index (χ0n) is 15.5. The smallest absolute Gasteiger partial charge is 0.307 e. The Morgan fingerprint density at radius 1 is 1.17 bits per heavy atom. The number of hydrogen-bond donors (Lipinski definition) is 2. The Bertz CT molecular complexity index is 1020. The van der Waals surface area contributed by atoms with Crippen molar-refractivity contribution in [1.29, 1.82) is 0 Å². The normalized spacial score (nSPS) is 14.3. The van der Waals surface area contributed by atoms with Gasteiger partial charge in [0.05, 0.1) is 30.7 Å². The predicted molar refractivity (Wildman–Crippen MR) is 111 cm³/mol. The Kier molecular flexibility index (Phi) is 5.87. The summed E-state index contributed by atoms with van der Waals surface area (Å²) in [7, 11) is 0. The molecule has 1 aliphatic rings. The molecule has 1 aliphatic heterocycles. The zero-order chi connectivity index (χ0) is 20.1. The van der Waals surface area contributed by atoms with Gasteiger partial charge in [0.25, 0.3) is 0 Å². The van der Waals surface area contributed by atoms with Crippen molar-refractivity contribution in [3.8, 4) is 10.6 Å². The summed E-state index contributed by atoms with van der Waals surface area (Å²) in [4.78, 5) is 18.3. The molecule has 0 saturated carbocycles. The van der Waals surface area contributed by atoms with Gasteiger partial charge in [-0.15, -0.1) is 10.2 Å². The van der Waals surface area contributed by atoms with Gasteiger partial charge < -0.3 is 10.6 Å². The fraction of sp³-hybridized carbons (Fsp3) is 0.200. The lowest BCUT2D eigenvalue weighted by molar-refractivity contribution is 0.258. The van der Waals surface area contributed by atoms with Crippen LogP contribution in [0.4, 0.5) is 20.6 Å². The lowest BCUT2D eigenvalue weighted by Gasteiger charge is -2.22. The third-order valence-corrected chi connectivity index (χ3v) is 5.28. The van der Waals surface area contributed by atoms with E-state index in [9.17, 15) is 9.18 Å². The van der Waals surface area contributed by atoms with Crippen LogP contribution in [0, 0.1) is 0 Å². The Morgan fingerprint density at radius 2 is 2.07 bits per heavy atom. The van der Waals surface area contributed by atoms with Crippen LogP contribution in [0.2, 0.25) is 0 Å². The number of hydrogen-bond acceptors (Lipinski definition) is 6. The van der Waals surface area contributed by atoms with Crippen molar-refractivity contribution < 1.29 is 9.18 Å². The number of nitrogens with one attached hydrogen (secondary N) is 2. The molecule has 0 aliphatic carbocycles. The summed E-state index contributed by atoms with van der Waals surface area (Å²) in [5.74, 6) is -0.102. The van der Waals surface area contributed by atoms with E-state index in [4.69, 9.17) is 0 Å². The van der Waals surface area contributed by atoms with E-state index in [-0.39, 0.29) is 11.9 Å². The molecule has 0 radical (unpaired) electrons. The van der Waals surface area contributed by atoms with Crippen LogP contribution in [0.5, 0.6) is 0 Å². The van der Waals surface area contributed by atoms with Gasteiger partial charge in [-0.3, -0.25) is 9.88 Å². The van der Waals surface area contributed by atoms with Gasteiger partial charge in [-0.05, 0) is 30.7 Å². The Balaban J connectivity index is 1.46. The van der Waals surface area contributed by atoms with Crippen molar-refractivity contribution in [3.05, 3.63) is 65.7 Å². The summed E-state index contributed by atoms with van der Waals surface area (Å²) >= 11 is 1.44. The number of rotatable bonds is 5. The van der Waals surface area contributed by atoms with E-state index >= 15 is 0 Å². The first-order chi connectivity index (χ1) is 14.2. The number of amides is 2. The summed E-state index contributed by atoms with van der Waals surface area (Å²) in [6.45, 7) is 1.66. The van der Waals surface area contributed by atoms with Gasteiger partial charge in [0, 0.05) is 18.3 Å². The van der Waals surface area contributed by atoms with Crippen molar-refractivity contribution >= 4 is 28.7 Å². The number of pyridine rings is 1. The van der Waals surface area contributed by atoms with Gasteiger partial charge in [-0.25, -0.2) is 9.18 Å². The van der Waals surface area contributed by atoms with Crippen molar-refractivity contribution in [1.82, 2.24) is 20.1 Å². The lowest BCUT2D eigenvalue weighted by Crippen LogP contribution is -2.28. The van der Waals surface area contributed by atoms with E-state index in [0.29, 0.717) is 35.9 Å². The minimum absolute atomic E-state index is 0.102. The Hall–Kier alpha value is -3.17. The number of urea groups is 1. The number of carbonyl (C=O) groups excluding carboxylic acids is 1. The molecule has 29 heavy (non-hydrogen) atoms. The first kappa shape index (κ1) is 19.2. The molecular weight excluding hydrogens is 391 g/mol. The molecule has 2 amide bonds. The van der Waals surface area contributed by atoms with Crippen LogP contribution < -0.4 is 10.6 Å². The average molecular weight is 410 g/mol. The zero-order valence-corrected chi connectivity index (χ0v) is 16.3. The minimum Gasteiger partial charge on any atom is -0.307 e. The summed E-state index contributed by atoms with van der Waals surface area (Å²) in [6.07, 6.45) is 5.54. The monoisotopic (exact) mass is 410 g/mol. The molecule has 0 saturated heterocycles. The van der Waals surface area contributed by atoms with E-state index in [0.717, 1.165) is 17.1 Å². The van der Waals surface area contributed by atoms with Gasteiger partial charge in [-0.2, -0.15) is 0 Å². The SMILES string of the molecule is O=C(Nc1cccnc1)Nc1ccccc1-c1nnc(CN2CCC=C(F)C2)s1. The molecule has 0 spiro atoms. The quantitative estimate of drug-likeness (QED) is 0.655. The van der Waals surface area contributed by atoms with E-state index in [1.54, 1.807) is 30.6 Å². The number of halogens is 1. The summed E-state index contributed by atoms with van der Waals surface area (Å²) < 4.78 is 13.5.